The molecule has 4 heteroatoms. The highest BCUT2D eigenvalue weighted by atomic mass is 16.3. The van der Waals surface area contributed by atoms with Crippen LogP contribution >= 0.6 is 0 Å². The molecule has 0 aliphatic rings. The smallest absolute Gasteiger partial charge is 0.257 e. The maximum Gasteiger partial charge on any atom is 0.257 e. The average Bonchev–Trinajstić information content (AvgIpc) is 2.67. The Kier molecular flexibility index (Phi) is 5.35. The van der Waals surface area contributed by atoms with E-state index in [0.29, 0.717) is 5.56 Å². The van der Waals surface area contributed by atoms with Gasteiger partial charge in [-0.15, -0.1) is 0 Å². The number of rotatable bonds is 3. The Morgan fingerprint density at radius 2 is 1.78 bits per heavy atom. The Bertz CT molecular complexity index is 992. The van der Waals surface area contributed by atoms with Crippen molar-refractivity contribution in [3.05, 3.63) is 84.2 Å². The van der Waals surface area contributed by atoms with Gasteiger partial charge in [-0.2, -0.15) is 0 Å². The third kappa shape index (κ3) is 5.04. The highest BCUT2D eigenvalue weighted by Gasteiger charge is 2.10. The first-order chi connectivity index (χ1) is 12.9. The lowest BCUT2D eigenvalue weighted by Gasteiger charge is -2.11. The van der Waals surface area contributed by atoms with E-state index in [4.69, 9.17) is 0 Å². The van der Waals surface area contributed by atoms with Crippen LogP contribution in [0.2, 0.25) is 0 Å². The molecule has 0 aliphatic heterocycles. The maximum absolute atomic E-state index is 12.4. The molecule has 27 heavy (non-hydrogen) atoms. The number of pyridine rings is 1. The molecule has 0 atom stereocenters. The van der Waals surface area contributed by atoms with Crippen LogP contribution in [0.1, 0.15) is 29.8 Å². The van der Waals surface area contributed by atoms with Crippen LogP contribution < -0.4 is 5.32 Å². The summed E-state index contributed by atoms with van der Waals surface area (Å²) in [5.41, 5.74) is 2.90. The quantitative estimate of drug-likeness (QED) is 0.694. The highest BCUT2D eigenvalue weighted by Crippen LogP contribution is 2.28. The zero-order valence-electron chi connectivity index (χ0n) is 15.2. The lowest BCUT2D eigenvalue weighted by Crippen LogP contribution is -2.14. The number of anilines is 1. The standard InChI is InChI=1S/C23H20N2O2/c1-23(2,27)14-13-17-9-11-18(12-10-17)20-7-3-4-8-21(20)25-22(26)19-6-5-15-24-16-19/h3-12,15-16,27H,1-2H3,(H,25,26). The molecule has 0 spiro atoms. The largest absolute Gasteiger partial charge is 0.378 e. The molecule has 0 aliphatic carbocycles. The number of aliphatic hydroxyl groups is 1. The van der Waals surface area contributed by atoms with Crippen molar-refractivity contribution in [2.24, 2.45) is 0 Å². The summed E-state index contributed by atoms with van der Waals surface area (Å²) in [7, 11) is 0. The van der Waals surface area contributed by atoms with Crippen LogP contribution in [0.15, 0.2) is 73.1 Å². The number of nitrogens with one attached hydrogen (secondary N) is 1. The van der Waals surface area contributed by atoms with Gasteiger partial charge >= 0.3 is 0 Å². The zero-order chi connectivity index (χ0) is 19.3. The molecule has 0 bridgehead atoms. The third-order valence-corrected chi connectivity index (χ3v) is 3.81. The van der Waals surface area contributed by atoms with Crippen molar-refractivity contribution < 1.29 is 9.90 Å². The van der Waals surface area contributed by atoms with Gasteiger partial charge in [0.1, 0.15) is 5.60 Å². The summed E-state index contributed by atoms with van der Waals surface area (Å²) >= 11 is 0. The van der Waals surface area contributed by atoms with Crippen LogP contribution in [0.4, 0.5) is 5.69 Å². The summed E-state index contributed by atoms with van der Waals surface area (Å²) in [6.45, 7) is 3.30. The first kappa shape index (κ1) is 18.4. The first-order valence-corrected chi connectivity index (χ1v) is 8.59. The second-order valence-electron chi connectivity index (χ2n) is 6.63. The molecule has 3 aromatic rings. The van der Waals surface area contributed by atoms with Gasteiger partial charge in [-0.1, -0.05) is 42.2 Å². The molecule has 0 radical (unpaired) electrons. The Morgan fingerprint density at radius 1 is 1.04 bits per heavy atom. The minimum atomic E-state index is -1.03. The molecule has 0 fully saturated rings. The molecule has 134 valence electrons. The van der Waals surface area contributed by atoms with E-state index in [1.165, 1.54) is 6.20 Å². The molecular formula is C23H20N2O2. The van der Waals surface area contributed by atoms with Crippen molar-refractivity contribution in [3.63, 3.8) is 0 Å². The topological polar surface area (TPSA) is 62.2 Å². The second-order valence-corrected chi connectivity index (χ2v) is 6.63. The average molecular weight is 356 g/mol. The van der Waals surface area contributed by atoms with Gasteiger partial charge in [-0.05, 0) is 49.7 Å². The summed E-state index contributed by atoms with van der Waals surface area (Å²) in [5.74, 6) is 5.55. The van der Waals surface area contributed by atoms with Gasteiger partial charge < -0.3 is 10.4 Å². The van der Waals surface area contributed by atoms with E-state index in [0.717, 1.165) is 22.4 Å². The Morgan fingerprint density at radius 3 is 2.44 bits per heavy atom. The maximum atomic E-state index is 12.4. The summed E-state index contributed by atoms with van der Waals surface area (Å²) < 4.78 is 0. The Hall–Kier alpha value is -3.42. The Balaban J connectivity index is 1.85. The van der Waals surface area contributed by atoms with Gasteiger partial charge in [0.05, 0.1) is 5.56 Å². The number of carbonyl (C=O) groups excluding carboxylic acids is 1. The summed E-state index contributed by atoms with van der Waals surface area (Å²) in [4.78, 5) is 16.4. The van der Waals surface area contributed by atoms with Gasteiger partial charge in [0.15, 0.2) is 0 Å². The van der Waals surface area contributed by atoms with Gasteiger partial charge in [0.25, 0.3) is 5.91 Å². The molecule has 3 rings (SSSR count). The van der Waals surface area contributed by atoms with Crippen LogP contribution in [-0.4, -0.2) is 21.6 Å². The zero-order valence-corrected chi connectivity index (χ0v) is 15.2. The van der Waals surface area contributed by atoms with Crippen molar-refractivity contribution in [2.75, 3.05) is 5.32 Å². The molecule has 2 aromatic carbocycles. The van der Waals surface area contributed by atoms with Crippen molar-refractivity contribution in [2.45, 2.75) is 19.4 Å². The van der Waals surface area contributed by atoms with Gasteiger partial charge in [0, 0.05) is 29.2 Å². The molecule has 4 nitrogen and oxygen atoms in total. The van der Waals surface area contributed by atoms with Crippen LogP contribution in [0.3, 0.4) is 0 Å². The Labute approximate surface area is 158 Å². The van der Waals surface area contributed by atoms with Crippen molar-refractivity contribution in [1.82, 2.24) is 4.98 Å². The van der Waals surface area contributed by atoms with E-state index >= 15 is 0 Å². The molecule has 1 amide bonds. The van der Waals surface area contributed by atoms with E-state index < -0.39 is 5.60 Å². The predicted octanol–water partition coefficient (Wildman–Crippen LogP) is 4.12. The van der Waals surface area contributed by atoms with Crippen LogP contribution in [0.5, 0.6) is 0 Å². The molecule has 1 heterocycles. The van der Waals surface area contributed by atoms with E-state index in [9.17, 15) is 9.90 Å². The fraction of sp³-hybridized carbons (Fsp3) is 0.130. The number of aromatic nitrogens is 1. The number of hydrogen-bond acceptors (Lipinski definition) is 3. The fourth-order valence-electron chi connectivity index (χ4n) is 2.49. The summed E-state index contributed by atoms with van der Waals surface area (Å²) in [6.07, 6.45) is 3.17. The van der Waals surface area contributed by atoms with Gasteiger partial charge in [0.2, 0.25) is 0 Å². The minimum Gasteiger partial charge on any atom is -0.378 e. The summed E-state index contributed by atoms with van der Waals surface area (Å²) in [5, 5.41) is 12.7. The number of carbonyl (C=O) groups is 1. The fourth-order valence-corrected chi connectivity index (χ4v) is 2.49. The molecular weight excluding hydrogens is 336 g/mol. The molecule has 0 saturated heterocycles. The first-order valence-electron chi connectivity index (χ1n) is 8.59. The van der Waals surface area contributed by atoms with Crippen LogP contribution in [0, 0.1) is 11.8 Å². The monoisotopic (exact) mass is 356 g/mol. The van der Waals surface area contributed by atoms with E-state index in [-0.39, 0.29) is 5.91 Å². The number of amides is 1. The molecule has 2 N–H and O–H groups in total. The van der Waals surface area contributed by atoms with E-state index in [1.807, 2.05) is 48.5 Å². The number of nitrogens with zero attached hydrogens (tertiary/aromatic N) is 1. The van der Waals surface area contributed by atoms with Crippen molar-refractivity contribution >= 4 is 11.6 Å². The highest BCUT2D eigenvalue weighted by molar-refractivity contribution is 6.06. The predicted molar refractivity (Wildman–Crippen MR) is 107 cm³/mol. The van der Waals surface area contributed by atoms with Crippen molar-refractivity contribution in [3.8, 4) is 23.0 Å². The number of benzene rings is 2. The molecule has 0 saturated carbocycles. The number of hydrogen-bond donors (Lipinski definition) is 2. The molecule has 0 unspecified atom stereocenters. The normalized spacial score (nSPS) is 10.6. The SMILES string of the molecule is CC(C)(O)C#Cc1ccc(-c2ccccc2NC(=O)c2cccnc2)cc1. The van der Waals surface area contributed by atoms with Crippen molar-refractivity contribution in [1.29, 1.82) is 0 Å². The lowest BCUT2D eigenvalue weighted by atomic mass is 10.0. The second kappa shape index (κ2) is 7.86. The molecule has 1 aromatic heterocycles. The van der Waals surface area contributed by atoms with Gasteiger partial charge in [-0.25, -0.2) is 0 Å². The minimum absolute atomic E-state index is 0.205. The van der Waals surface area contributed by atoms with Crippen LogP contribution in [-0.2, 0) is 0 Å². The van der Waals surface area contributed by atoms with Crippen LogP contribution in [0.25, 0.3) is 11.1 Å². The van der Waals surface area contributed by atoms with E-state index in [1.54, 1.807) is 32.2 Å². The van der Waals surface area contributed by atoms with E-state index in [2.05, 4.69) is 22.1 Å². The third-order valence-electron chi connectivity index (χ3n) is 3.81. The lowest BCUT2D eigenvalue weighted by molar-refractivity contribution is 0.102. The van der Waals surface area contributed by atoms with Gasteiger partial charge in [-0.3, -0.25) is 9.78 Å². The number of para-hydroxylation sites is 1. The summed E-state index contributed by atoms with van der Waals surface area (Å²) in [6, 6.07) is 18.8.